The monoisotopic (exact) mass is 314 g/mol. The number of carbonyl (C=O) groups excluding carboxylic acids is 1. The molecule has 0 aliphatic carbocycles. The topological polar surface area (TPSA) is 59.3 Å². The van der Waals surface area contributed by atoms with Crippen molar-refractivity contribution in [3.8, 4) is 0 Å². The van der Waals surface area contributed by atoms with E-state index in [9.17, 15) is 4.79 Å². The van der Waals surface area contributed by atoms with Gasteiger partial charge in [0.25, 0.3) is 5.91 Å². The Morgan fingerprint density at radius 2 is 1.95 bits per heavy atom. The SMILES string of the molecule is O=C(NCCCc1nnc2ccccn12)c1ccccc1Cl. The Kier molecular flexibility index (Phi) is 4.34. The average Bonchev–Trinajstić information content (AvgIpc) is 2.95. The number of amides is 1. The van der Waals surface area contributed by atoms with E-state index in [4.69, 9.17) is 11.6 Å². The molecule has 3 aromatic rings. The number of benzene rings is 1. The predicted molar refractivity (Wildman–Crippen MR) is 85.1 cm³/mol. The number of aromatic nitrogens is 3. The molecule has 0 aliphatic heterocycles. The van der Waals surface area contributed by atoms with Crippen molar-refractivity contribution in [3.05, 3.63) is 65.1 Å². The molecule has 1 N–H and O–H groups in total. The van der Waals surface area contributed by atoms with E-state index < -0.39 is 0 Å². The molecule has 5 nitrogen and oxygen atoms in total. The van der Waals surface area contributed by atoms with Gasteiger partial charge in [0.2, 0.25) is 0 Å². The van der Waals surface area contributed by atoms with Gasteiger partial charge in [0.1, 0.15) is 5.82 Å². The molecule has 1 amide bonds. The maximum Gasteiger partial charge on any atom is 0.252 e. The van der Waals surface area contributed by atoms with Crippen LogP contribution in [0.2, 0.25) is 5.02 Å². The van der Waals surface area contributed by atoms with Gasteiger partial charge in [0, 0.05) is 19.2 Å². The summed E-state index contributed by atoms with van der Waals surface area (Å²) in [5, 5.41) is 11.6. The van der Waals surface area contributed by atoms with Crippen LogP contribution in [-0.4, -0.2) is 27.0 Å². The van der Waals surface area contributed by atoms with Crippen LogP contribution in [-0.2, 0) is 6.42 Å². The molecule has 0 saturated carbocycles. The number of fused-ring (bicyclic) bond motifs is 1. The van der Waals surface area contributed by atoms with Gasteiger partial charge in [-0.25, -0.2) is 0 Å². The van der Waals surface area contributed by atoms with Crippen LogP contribution in [0.25, 0.3) is 5.65 Å². The molecular formula is C16H15ClN4O. The first-order valence-corrected chi connectivity index (χ1v) is 7.45. The van der Waals surface area contributed by atoms with E-state index in [-0.39, 0.29) is 5.91 Å². The Morgan fingerprint density at radius 3 is 2.82 bits per heavy atom. The molecule has 0 atom stereocenters. The van der Waals surface area contributed by atoms with E-state index in [0.29, 0.717) is 17.1 Å². The van der Waals surface area contributed by atoms with Crippen molar-refractivity contribution in [1.82, 2.24) is 19.9 Å². The molecule has 0 spiro atoms. The number of hydrogen-bond acceptors (Lipinski definition) is 3. The Morgan fingerprint density at radius 1 is 1.14 bits per heavy atom. The van der Waals surface area contributed by atoms with Crippen molar-refractivity contribution < 1.29 is 4.79 Å². The maximum absolute atomic E-state index is 12.0. The van der Waals surface area contributed by atoms with Crippen LogP contribution in [0.4, 0.5) is 0 Å². The first kappa shape index (κ1) is 14.5. The van der Waals surface area contributed by atoms with Crippen molar-refractivity contribution >= 4 is 23.2 Å². The van der Waals surface area contributed by atoms with Crippen molar-refractivity contribution in [2.45, 2.75) is 12.8 Å². The summed E-state index contributed by atoms with van der Waals surface area (Å²) in [5.74, 6) is 0.735. The molecule has 3 rings (SSSR count). The van der Waals surface area contributed by atoms with Gasteiger partial charge in [0.05, 0.1) is 10.6 Å². The average molecular weight is 315 g/mol. The van der Waals surface area contributed by atoms with E-state index >= 15 is 0 Å². The van der Waals surface area contributed by atoms with Crippen LogP contribution in [0, 0.1) is 0 Å². The van der Waals surface area contributed by atoms with Crippen molar-refractivity contribution in [2.75, 3.05) is 6.54 Å². The third-order valence-electron chi connectivity index (χ3n) is 3.37. The lowest BCUT2D eigenvalue weighted by Gasteiger charge is -2.06. The zero-order valence-electron chi connectivity index (χ0n) is 11.9. The number of nitrogens with one attached hydrogen (secondary N) is 1. The summed E-state index contributed by atoms with van der Waals surface area (Å²) in [6, 6.07) is 12.8. The summed E-state index contributed by atoms with van der Waals surface area (Å²) in [6.07, 6.45) is 3.47. The van der Waals surface area contributed by atoms with Gasteiger partial charge in [-0.15, -0.1) is 10.2 Å². The second-order valence-electron chi connectivity index (χ2n) is 4.88. The first-order chi connectivity index (χ1) is 10.8. The molecule has 2 aromatic heterocycles. The second-order valence-corrected chi connectivity index (χ2v) is 5.29. The number of pyridine rings is 1. The van der Waals surface area contributed by atoms with E-state index in [2.05, 4.69) is 15.5 Å². The highest BCUT2D eigenvalue weighted by molar-refractivity contribution is 6.33. The molecule has 22 heavy (non-hydrogen) atoms. The highest BCUT2D eigenvalue weighted by Crippen LogP contribution is 2.14. The minimum Gasteiger partial charge on any atom is -0.352 e. The summed E-state index contributed by atoms with van der Waals surface area (Å²) >= 11 is 6.00. The molecule has 0 radical (unpaired) electrons. The largest absolute Gasteiger partial charge is 0.352 e. The number of rotatable bonds is 5. The number of carbonyl (C=O) groups is 1. The number of aryl methyl sites for hydroxylation is 1. The summed E-state index contributed by atoms with van der Waals surface area (Å²) in [7, 11) is 0. The Labute approximate surface area is 132 Å². The van der Waals surface area contributed by atoms with Crippen molar-refractivity contribution in [2.24, 2.45) is 0 Å². The maximum atomic E-state index is 12.0. The smallest absolute Gasteiger partial charge is 0.252 e. The lowest BCUT2D eigenvalue weighted by Crippen LogP contribution is -2.25. The molecule has 2 heterocycles. The van der Waals surface area contributed by atoms with Crippen LogP contribution in [0.3, 0.4) is 0 Å². The zero-order valence-corrected chi connectivity index (χ0v) is 12.6. The van der Waals surface area contributed by atoms with Crippen LogP contribution in [0.5, 0.6) is 0 Å². The molecule has 0 unspecified atom stereocenters. The molecule has 0 saturated heterocycles. The van der Waals surface area contributed by atoms with Crippen molar-refractivity contribution in [3.63, 3.8) is 0 Å². The summed E-state index contributed by atoms with van der Waals surface area (Å²) in [6.45, 7) is 0.561. The third kappa shape index (κ3) is 3.09. The van der Waals surface area contributed by atoms with Crippen LogP contribution in [0.15, 0.2) is 48.7 Å². The van der Waals surface area contributed by atoms with Gasteiger partial charge in [-0.05, 0) is 30.7 Å². The van der Waals surface area contributed by atoms with Gasteiger partial charge in [-0.2, -0.15) is 0 Å². The molecule has 6 heteroatoms. The Balaban J connectivity index is 1.54. The zero-order chi connectivity index (χ0) is 15.4. The van der Waals surface area contributed by atoms with Gasteiger partial charge in [-0.1, -0.05) is 29.8 Å². The lowest BCUT2D eigenvalue weighted by atomic mass is 10.2. The number of halogens is 1. The molecule has 0 bridgehead atoms. The number of nitrogens with zero attached hydrogens (tertiary/aromatic N) is 3. The molecule has 112 valence electrons. The predicted octanol–water partition coefficient (Wildman–Crippen LogP) is 2.75. The van der Waals surface area contributed by atoms with Crippen LogP contribution >= 0.6 is 11.6 Å². The highest BCUT2D eigenvalue weighted by atomic mass is 35.5. The van der Waals surface area contributed by atoms with E-state index in [1.165, 1.54) is 0 Å². The quantitative estimate of drug-likeness (QED) is 0.737. The fourth-order valence-corrected chi connectivity index (χ4v) is 2.47. The Bertz CT molecular complexity index is 799. The van der Waals surface area contributed by atoms with Crippen LogP contribution < -0.4 is 5.32 Å². The minimum absolute atomic E-state index is 0.156. The third-order valence-corrected chi connectivity index (χ3v) is 3.70. The van der Waals surface area contributed by atoms with E-state index in [0.717, 1.165) is 24.3 Å². The fraction of sp³-hybridized carbons (Fsp3) is 0.188. The summed E-state index contributed by atoms with van der Waals surface area (Å²) < 4.78 is 1.95. The van der Waals surface area contributed by atoms with E-state index in [1.54, 1.807) is 24.3 Å². The Hall–Kier alpha value is -2.40. The number of hydrogen-bond donors (Lipinski definition) is 1. The molecule has 0 aliphatic rings. The second kappa shape index (κ2) is 6.58. The summed E-state index contributed by atoms with van der Waals surface area (Å²) in [5.41, 5.74) is 1.33. The standard InChI is InChI=1S/C16H15ClN4O/c17-13-7-2-1-6-12(13)16(22)18-10-5-9-15-20-19-14-8-3-4-11-21(14)15/h1-4,6-8,11H,5,9-10H2,(H,18,22). The first-order valence-electron chi connectivity index (χ1n) is 7.07. The molecule has 1 aromatic carbocycles. The van der Waals surface area contributed by atoms with Gasteiger partial charge in [-0.3, -0.25) is 9.20 Å². The van der Waals surface area contributed by atoms with Gasteiger partial charge < -0.3 is 5.32 Å². The molecular weight excluding hydrogens is 300 g/mol. The fourth-order valence-electron chi connectivity index (χ4n) is 2.25. The van der Waals surface area contributed by atoms with Gasteiger partial charge >= 0.3 is 0 Å². The lowest BCUT2D eigenvalue weighted by molar-refractivity contribution is 0.0953. The van der Waals surface area contributed by atoms with E-state index in [1.807, 2.05) is 28.8 Å². The highest BCUT2D eigenvalue weighted by Gasteiger charge is 2.09. The van der Waals surface area contributed by atoms with Gasteiger partial charge in [0.15, 0.2) is 5.65 Å². The normalized spacial score (nSPS) is 10.8. The van der Waals surface area contributed by atoms with Crippen LogP contribution in [0.1, 0.15) is 22.6 Å². The minimum atomic E-state index is -0.156. The summed E-state index contributed by atoms with van der Waals surface area (Å²) in [4.78, 5) is 12.0. The molecule has 0 fully saturated rings. The van der Waals surface area contributed by atoms with Crippen molar-refractivity contribution in [1.29, 1.82) is 0 Å².